The van der Waals surface area contributed by atoms with Gasteiger partial charge >= 0.3 is 98.1 Å². The van der Waals surface area contributed by atoms with Crippen LogP contribution >= 0.6 is 15.9 Å². The average Bonchev–Trinajstić information content (AvgIpc) is 2.63. The first-order valence-corrected chi connectivity index (χ1v) is 6.92. The van der Waals surface area contributed by atoms with Crippen molar-refractivity contribution >= 4 is 30.4 Å². The van der Waals surface area contributed by atoms with Crippen molar-refractivity contribution in [1.29, 1.82) is 0 Å². The van der Waals surface area contributed by atoms with Crippen molar-refractivity contribution in [1.82, 2.24) is 0 Å². The summed E-state index contributed by atoms with van der Waals surface area (Å²) in [6.45, 7) is 0. The summed E-state index contributed by atoms with van der Waals surface area (Å²) in [5.74, 6) is 6.30. The molecular formula is C12H7BrSe. The molecule has 0 unspecified atom stereocenters. The summed E-state index contributed by atoms with van der Waals surface area (Å²) >= 11 is 3.97. The molecule has 2 aromatic rings. The Hall–Kier alpha value is -0.741. The van der Waals surface area contributed by atoms with Gasteiger partial charge in [-0.25, -0.2) is 0 Å². The van der Waals surface area contributed by atoms with Gasteiger partial charge in [-0.3, -0.25) is 0 Å². The van der Waals surface area contributed by atoms with Crippen LogP contribution in [0.3, 0.4) is 0 Å². The quantitative estimate of drug-likeness (QED) is 0.518. The van der Waals surface area contributed by atoms with Crippen LogP contribution in [0, 0.1) is 11.8 Å². The Morgan fingerprint density at radius 2 is 1.79 bits per heavy atom. The Morgan fingerprint density at radius 1 is 1.00 bits per heavy atom. The number of rotatable bonds is 0. The Kier molecular flexibility index (Phi) is 3.26. The summed E-state index contributed by atoms with van der Waals surface area (Å²) < 4.78 is 1.14. The van der Waals surface area contributed by atoms with E-state index in [9.17, 15) is 0 Å². The minimum atomic E-state index is 0.486. The van der Waals surface area contributed by atoms with Crippen LogP contribution in [-0.4, -0.2) is 14.5 Å². The molecule has 0 N–H and O–H groups in total. The molecule has 68 valence electrons. The number of hydrogen-bond donors (Lipinski definition) is 0. The maximum atomic E-state index is 3.48. The van der Waals surface area contributed by atoms with E-state index in [0.717, 1.165) is 15.6 Å². The topological polar surface area (TPSA) is 0 Å². The molecule has 1 heterocycles. The first-order chi connectivity index (χ1) is 6.86. The van der Waals surface area contributed by atoms with Crippen molar-refractivity contribution < 1.29 is 0 Å². The zero-order valence-electron chi connectivity index (χ0n) is 7.33. The van der Waals surface area contributed by atoms with E-state index in [1.807, 2.05) is 30.3 Å². The third-order valence-corrected chi connectivity index (χ3v) is 4.63. The fraction of sp³-hybridized carbons (Fsp3) is 0. The van der Waals surface area contributed by atoms with E-state index < -0.39 is 0 Å². The first-order valence-electron chi connectivity index (χ1n) is 4.15. The van der Waals surface area contributed by atoms with Crippen LogP contribution in [0.15, 0.2) is 44.7 Å². The number of benzene rings is 1. The van der Waals surface area contributed by atoms with Gasteiger partial charge in [-0.1, -0.05) is 0 Å². The molecule has 0 bridgehead atoms. The number of halogens is 1. The van der Waals surface area contributed by atoms with Crippen LogP contribution in [-0.2, 0) is 0 Å². The van der Waals surface area contributed by atoms with E-state index >= 15 is 0 Å². The second kappa shape index (κ2) is 4.66. The summed E-state index contributed by atoms with van der Waals surface area (Å²) in [6.07, 6.45) is 0. The van der Waals surface area contributed by atoms with E-state index in [-0.39, 0.29) is 0 Å². The van der Waals surface area contributed by atoms with Crippen molar-refractivity contribution in [3.63, 3.8) is 0 Å². The maximum absolute atomic E-state index is 3.48. The van der Waals surface area contributed by atoms with Crippen molar-refractivity contribution in [3.05, 3.63) is 55.8 Å². The minimum absolute atomic E-state index is 0.486. The molecule has 0 amide bonds. The molecule has 0 nitrogen and oxygen atoms in total. The molecule has 1 aromatic heterocycles. The van der Waals surface area contributed by atoms with Gasteiger partial charge in [-0.05, 0) is 0 Å². The van der Waals surface area contributed by atoms with Crippen LogP contribution in [0.1, 0.15) is 11.1 Å². The Bertz CT molecular complexity index is 474. The van der Waals surface area contributed by atoms with E-state index in [4.69, 9.17) is 0 Å². The van der Waals surface area contributed by atoms with Gasteiger partial charge in [0.2, 0.25) is 0 Å². The van der Waals surface area contributed by atoms with Gasteiger partial charge in [-0.2, -0.15) is 0 Å². The zero-order valence-corrected chi connectivity index (χ0v) is 10.6. The number of hydrogen-bond acceptors (Lipinski definition) is 0. The molecule has 1 aromatic carbocycles. The molecule has 14 heavy (non-hydrogen) atoms. The monoisotopic (exact) mass is 310 g/mol. The summed E-state index contributed by atoms with van der Waals surface area (Å²) in [5.41, 5.74) is 2.18. The predicted molar refractivity (Wildman–Crippen MR) is 63.5 cm³/mol. The van der Waals surface area contributed by atoms with Crippen molar-refractivity contribution in [2.45, 2.75) is 0 Å². The second-order valence-corrected chi connectivity index (χ2v) is 5.16. The van der Waals surface area contributed by atoms with Gasteiger partial charge in [0.15, 0.2) is 0 Å². The van der Waals surface area contributed by atoms with Crippen molar-refractivity contribution in [3.8, 4) is 11.8 Å². The molecule has 0 saturated heterocycles. The van der Waals surface area contributed by atoms with Crippen LogP contribution in [0.4, 0.5) is 0 Å². The molecule has 0 saturated carbocycles. The molecule has 0 aliphatic carbocycles. The van der Waals surface area contributed by atoms with E-state index in [1.165, 1.54) is 0 Å². The second-order valence-electron chi connectivity index (χ2n) is 2.75. The first kappa shape index (κ1) is 9.80. The fourth-order valence-corrected chi connectivity index (χ4v) is 3.48. The Balaban J connectivity index is 2.28. The molecule has 0 spiro atoms. The predicted octanol–water partition coefficient (Wildman–Crippen LogP) is 2.91. The molecule has 0 fully saturated rings. The standard InChI is InChI=1S/C12H7BrSe/c13-12-9-14-8-11(12)7-6-10-4-2-1-3-5-10/h1-5,8-9H. The fourth-order valence-electron chi connectivity index (χ4n) is 1.03. The van der Waals surface area contributed by atoms with Crippen molar-refractivity contribution in [2.75, 3.05) is 0 Å². The molecule has 2 rings (SSSR count). The van der Waals surface area contributed by atoms with E-state index in [0.29, 0.717) is 14.5 Å². The molecule has 0 radical (unpaired) electrons. The van der Waals surface area contributed by atoms with E-state index in [2.05, 4.69) is 37.7 Å². The van der Waals surface area contributed by atoms with Crippen LogP contribution in [0.25, 0.3) is 0 Å². The van der Waals surface area contributed by atoms with Gasteiger partial charge in [0.05, 0.1) is 0 Å². The van der Waals surface area contributed by atoms with Gasteiger partial charge in [0.25, 0.3) is 0 Å². The van der Waals surface area contributed by atoms with Gasteiger partial charge in [0.1, 0.15) is 0 Å². The Labute approximate surface area is 97.8 Å². The summed E-state index contributed by atoms with van der Waals surface area (Å²) in [4.78, 5) is 4.37. The van der Waals surface area contributed by atoms with Crippen LogP contribution < -0.4 is 0 Å². The van der Waals surface area contributed by atoms with Gasteiger partial charge in [-0.15, -0.1) is 0 Å². The summed E-state index contributed by atoms with van der Waals surface area (Å²) in [5, 5.41) is 0. The molecular weight excluding hydrogens is 303 g/mol. The van der Waals surface area contributed by atoms with Gasteiger partial charge in [0, 0.05) is 0 Å². The summed E-state index contributed by atoms with van der Waals surface area (Å²) in [7, 11) is 0. The van der Waals surface area contributed by atoms with E-state index in [1.54, 1.807) is 0 Å². The van der Waals surface area contributed by atoms with Crippen LogP contribution in [0.5, 0.6) is 0 Å². The van der Waals surface area contributed by atoms with Crippen molar-refractivity contribution in [2.24, 2.45) is 0 Å². The zero-order chi connectivity index (χ0) is 9.80. The Morgan fingerprint density at radius 3 is 2.43 bits per heavy atom. The molecule has 0 atom stereocenters. The molecule has 0 aliphatic heterocycles. The average molecular weight is 310 g/mol. The molecule has 2 heteroatoms. The SMILES string of the molecule is Brc1c[se]cc1C#Cc1ccccc1. The third-order valence-electron chi connectivity index (χ3n) is 1.73. The molecule has 0 aliphatic rings. The normalized spacial score (nSPS) is 9.21. The van der Waals surface area contributed by atoms with Crippen LogP contribution in [0.2, 0.25) is 0 Å². The third kappa shape index (κ3) is 2.39. The summed E-state index contributed by atoms with van der Waals surface area (Å²) in [6, 6.07) is 10.0. The van der Waals surface area contributed by atoms with Gasteiger partial charge < -0.3 is 0 Å².